The van der Waals surface area contributed by atoms with Crippen LogP contribution in [0.25, 0.3) is 11.0 Å². The molecule has 1 aliphatic heterocycles. The summed E-state index contributed by atoms with van der Waals surface area (Å²) in [6, 6.07) is 14.1. The second-order valence-corrected chi connectivity index (χ2v) is 8.30. The van der Waals surface area contributed by atoms with E-state index in [2.05, 4.69) is 21.5 Å². The summed E-state index contributed by atoms with van der Waals surface area (Å²) < 4.78 is 11.2. The molecule has 186 valence electrons. The Morgan fingerprint density at radius 1 is 1.25 bits per heavy atom. The normalized spacial score (nSPS) is 16.6. The Bertz CT molecular complexity index is 1280. The fourth-order valence-electron chi connectivity index (χ4n) is 4.03. The summed E-state index contributed by atoms with van der Waals surface area (Å²) in [5, 5.41) is 0. The number of imidazole rings is 1. The maximum absolute atomic E-state index is 12.9. The molecule has 3 N–H and O–H groups in total. The average molecular weight is 488 g/mol. The highest BCUT2D eigenvalue weighted by Crippen LogP contribution is 2.24. The average Bonchev–Trinajstić information content (AvgIpc) is 3.35. The van der Waals surface area contributed by atoms with Crippen LogP contribution >= 0.6 is 0 Å². The largest absolute Gasteiger partial charge is 0.466 e. The molecule has 2 heterocycles. The Morgan fingerprint density at radius 2 is 2.03 bits per heavy atom. The van der Waals surface area contributed by atoms with Crippen LogP contribution in [0.15, 0.2) is 77.9 Å². The molecule has 2 aromatic carbocycles. The van der Waals surface area contributed by atoms with E-state index in [0.717, 1.165) is 23.9 Å². The van der Waals surface area contributed by atoms with E-state index in [0.29, 0.717) is 36.8 Å². The number of carbonyl (C=O) groups excluding carboxylic acids is 2. The maximum atomic E-state index is 12.9. The number of carbonyl (C=O) groups is 2. The van der Waals surface area contributed by atoms with Crippen LogP contribution in [0, 0.1) is 5.92 Å². The van der Waals surface area contributed by atoms with Gasteiger partial charge in [-0.3, -0.25) is 9.59 Å². The van der Waals surface area contributed by atoms with Gasteiger partial charge in [-0.15, -0.1) is 0 Å². The molecule has 1 aliphatic rings. The van der Waals surface area contributed by atoms with Crippen LogP contribution in [-0.2, 0) is 9.53 Å². The minimum absolute atomic E-state index is 0.177. The first-order chi connectivity index (χ1) is 17.5. The van der Waals surface area contributed by atoms with Crippen molar-refractivity contribution < 1.29 is 19.1 Å². The van der Waals surface area contributed by atoms with Gasteiger partial charge in [-0.05, 0) is 56.2 Å². The molecule has 4 rings (SSSR count). The lowest BCUT2D eigenvalue weighted by molar-refractivity contribution is -0.149. The van der Waals surface area contributed by atoms with Crippen LogP contribution in [0.4, 0.5) is 0 Å². The molecular formula is C27H29N5O4. The molecule has 1 unspecified atom stereocenters. The zero-order valence-electron chi connectivity index (χ0n) is 20.1. The summed E-state index contributed by atoms with van der Waals surface area (Å²) >= 11 is 0. The number of ketones is 1. The molecule has 36 heavy (non-hydrogen) atoms. The number of aromatic amines is 1. The fraction of sp³-hybridized carbons (Fsp3) is 0.259. The third-order valence-electron chi connectivity index (χ3n) is 5.83. The van der Waals surface area contributed by atoms with Crippen molar-refractivity contribution >= 4 is 29.0 Å². The van der Waals surface area contributed by atoms with Gasteiger partial charge in [0.05, 0.1) is 23.6 Å². The van der Waals surface area contributed by atoms with E-state index in [-0.39, 0.29) is 29.4 Å². The van der Waals surface area contributed by atoms with E-state index in [1.165, 1.54) is 12.3 Å². The van der Waals surface area contributed by atoms with Gasteiger partial charge in [0.2, 0.25) is 5.78 Å². The third-order valence-corrected chi connectivity index (χ3v) is 5.83. The number of nitrogens with one attached hydrogen (secondary N) is 1. The number of allylic oxidation sites excluding steroid dienone is 1. The number of ether oxygens (including phenoxy) is 2. The SMILES string of the molecule is C=CC=N/C(Oc1ccc(C(=O)c2nc3ccccc3[nH]2)cc1)=C(\N)N1CCCC(C(=O)OCC)C1. The number of para-hydroxylation sites is 2. The zero-order valence-corrected chi connectivity index (χ0v) is 20.1. The summed E-state index contributed by atoms with van der Waals surface area (Å²) in [5.74, 6) is 0.499. The van der Waals surface area contributed by atoms with E-state index < -0.39 is 0 Å². The number of likely N-dealkylation sites (tertiary alicyclic amines) is 1. The van der Waals surface area contributed by atoms with Crippen molar-refractivity contribution in [2.45, 2.75) is 19.8 Å². The number of aromatic nitrogens is 2. The van der Waals surface area contributed by atoms with Crippen LogP contribution in [0.1, 0.15) is 35.9 Å². The molecule has 9 nitrogen and oxygen atoms in total. The van der Waals surface area contributed by atoms with Crippen LogP contribution in [-0.4, -0.2) is 52.5 Å². The van der Waals surface area contributed by atoms with Crippen molar-refractivity contribution in [1.82, 2.24) is 14.9 Å². The van der Waals surface area contributed by atoms with Gasteiger partial charge in [0.1, 0.15) is 5.75 Å². The third kappa shape index (κ3) is 5.63. The minimum atomic E-state index is -0.259. The number of piperidine rings is 1. The van der Waals surface area contributed by atoms with Crippen LogP contribution in [0.2, 0.25) is 0 Å². The molecule has 0 amide bonds. The van der Waals surface area contributed by atoms with Crippen molar-refractivity contribution in [3.05, 3.63) is 84.3 Å². The minimum Gasteiger partial charge on any atom is -0.466 e. The Morgan fingerprint density at radius 3 is 2.75 bits per heavy atom. The summed E-state index contributed by atoms with van der Waals surface area (Å²) in [7, 11) is 0. The number of nitrogens with zero attached hydrogens (tertiary/aromatic N) is 3. The number of hydrogen-bond donors (Lipinski definition) is 2. The first-order valence-corrected chi connectivity index (χ1v) is 11.8. The van der Waals surface area contributed by atoms with Crippen LogP contribution in [0.5, 0.6) is 5.75 Å². The quantitative estimate of drug-likeness (QED) is 0.204. The standard InChI is InChI=1S/C27H29N5O4/c1-3-15-29-26(24(28)32-16-7-8-19(17-32)27(34)35-4-2)36-20-13-11-18(12-14-20)23(33)25-30-21-9-5-6-10-22(21)31-25/h3,5-6,9-15,19H,1,4,7-8,16-17,28H2,2H3,(H,30,31)/b26-24-,29-15?. The molecule has 0 saturated carbocycles. The molecule has 3 aromatic rings. The molecular weight excluding hydrogens is 458 g/mol. The summed E-state index contributed by atoms with van der Waals surface area (Å²) in [5.41, 5.74) is 8.41. The van der Waals surface area contributed by atoms with E-state index in [9.17, 15) is 9.59 Å². The summed E-state index contributed by atoms with van der Waals surface area (Å²) in [6.07, 6.45) is 4.54. The van der Waals surface area contributed by atoms with Crippen LogP contribution < -0.4 is 10.5 Å². The number of hydrogen-bond acceptors (Lipinski definition) is 8. The smallest absolute Gasteiger partial charge is 0.310 e. The van der Waals surface area contributed by atoms with Gasteiger partial charge in [0.25, 0.3) is 5.88 Å². The van der Waals surface area contributed by atoms with Gasteiger partial charge in [0.15, 0.2) is 11.6 Å². The van der Waals surface area contributed by atoms with Gasteiger partial charge < -0.3 is 25.1 Å². The number of fused-ring (bicyclic) bond motifs is 1. The van der Waals surface area contributed by atoms with Gasteiger partial charge in [-0.1, -0.05) is 24.8 Å². The Labute approximate surface area is 209 Å². The lowest BCUT2D eigenvalue weighted by Crippen LogP contribution is -2.41. The van der Waals surface area contributed by atoms with Gasteiger partial charge in [-0.2, -0.15) is 0 Å². The Balaban J connectivity index is 1.51. The predicted octanol–water partition coefficient (Wildman–Crippen LogP) is 3.79. The second kappa shape index (κ2) is 11.4. The first-order valence-electron chi connectivity index (χ1n) is 11.8. The zero-order chi connectivity index (χ0) is 25.5. The highest BCUT2D eigenvalue weighted by Gasteiger charge is 2.28. The number of esters is 1. The van der Waals surface area contributed by atoms with E-state index in [1.807, 2.05) is 29.2 Å². The van der Waals surface area contributed by atoms with Crippen molar-refractivity contribution in [3.8, 4) is 5.75 Å². The topological polar surface area (TPSA) is 123 Å². The molecule has 1 fully saturated rings. The van der Waals surface area contributed by atoms with E-state index in [4.69, 9.17) is 15.2 Å². The Kier molecular flexibility index (Phi) is 7.79. The molecule has 0 bridgehead atoms. The van der Waals surface area contributed by atoms with Crippen molar-refractivity contribution in [3.63, 3.8) is 0 Å². The molecule has 1 atom stereocenters. The predicted molar refractivity (Wildman–Crippen MR) is 137 cm³/mol. The monoisotopic (exact) mass is 487 g/mol. The lowest BCUT2D eigenvalue weighted by atomic mass is 9.98. The lowest BCUT2D eigenvalue weighted by Gasteiger charge is -2.33. The fourth-order valence-corrected chi connectivity index (χ4v) is 4.03. The number of benzene rings is 2. The van der Waals surface area contributed by atoms with Gasteiger partial charge in [0, 0.05) is 24.9 Å². The van der Waals surface area contributed by atoms with Crippen molar-refractivity contribution in [1.29, 1.82) is 0 Å². The highest BCUT2D eigenvalue weighted by molar-refractivity contribution is 6.08. The Hall–Kier alpha value is -4.40. The molecule has 0 aliphatic carbocycles. The summed E-state index contributed by atoms with van der Waals surface area (Å²) in [6.45, 7) is 6.88. The molecule has 1 saturated heterocycles. The maximum Gasteiger partial charge on any atom is 0.310 e. The number of rotatable bonds is 9. The first kappa shape index (κ1) is 24.7. The van der Waals surface area contributed by atoms with Crippen molar-refractivity contribution in [2.75, 3.05) is 19.7 Å². The number of aliphatic imine (C=N–C) groups is 1. The van der Waals surface area contributed by atoms with E-state index in [1.54, 1.807) is 31.2 Å². The number of nitrogens with two attached hydrogens (primary N) is 1. The van der Waals surface area contributed by atoms with Crippen LogP contribution in [0.3, 0.4) is 0 Å². The highest BCUT2D eigenvalue weighted by atomic mass is 16.5. The van der Waals surface area contributed by atoms with Crippen molar-refractivity contribution in [2.24, 2.45) is 16.6 Å². The summed E-state index contributed by atoms with van der Waals surface area (Å²) in [4.78, 5) is 38.7. The molecule has 0 radical (unpaired) electrons. The molecule has 0 spiro atoms. The van der Waals surface area contributed by atoms with E-state index >= 15 is 0 Å². The molecule has 1 aromatic heterocycles. The number of H-pyrrole nitrogens is 1. The second-order valence-electron chi connectivity index (χ2n) is 8.30. The van der Waals surface area contributed by atoms with Gasteiger partial charge >= 0.3 is 5.97 Å². The van der Waals surface area contributed by atoms with Gasteiger partial charge in [-0.25, -0.2) is 9.98 Å². The molecule has 9 heteroatoms.